The van der Waals surface area contributed by atoms with Gasteiger partial charge in [0.1, 0.15) is 0 Å². The fraction of sp³-hybridized carbons (Fsp3) is 0.0889. The van der Waals surface area contributed by atoms with E-state index in [1.807, 2.05) is 100 Å². The van der Waals surface area contributed by atoms with E-state index >= 15 is 0 Å². The van der Waals surface area contributed by atoms with Crippen molar-refractivity contribution in [3.05, 3.63) is 162 Å². The first-order chi connectivity index (χ1) is 25.3. The summed E-state index contributed by atoms with van der Waals surface area (Å²) in [5.74, 6) is 3.27. The molecule has 8 rings (SSSR count). The van der Waals surface area contributed by atoms with E-state index in [0.717, 1.165) is 84.5 Å². The predicted octanol–water partition coefficient (Wildman–Crippen LogP) is 10.4. The molecule has 250 valence electrons. The lowest BCUT2D eigenvalue weighted by atomic mass is 9.94. The van der Waals surface area contributed by atoms with E-state index < -0.39 is 0 Å². The molecule has 8 aromatic rings. The number of rotatable bonds is 7. The quantitative estimate of drug-likeness (QED) is 0.166. The predicted molar refractivity (Wildman–Crippen MR) is 208 cm³/mol. The van der Waals surface area contributed by atoms with E-state index in [0.29, 0.717) is 17.5 Å². The maximum absolute atomic E-state index is 5.05. The maximum atomic E-state index is 5.05. The van der Waals surface area contributed by atoms with E-state index in [1.165, 1.54) is 0 Å². The van der Waals surface area contributed by atoms with Gasteiger partial charge in [0.2, 0.25) is 0 Å². The van der Waals surface area contributed by atoms with Crippen molar-refractivity contribution < 1.29 is 0 Å². The first-order valence-electron chi connectivity index (χ1n) is 17.2. The Kier molecular flexibility index (Phi) is 8.67. The molecule has 7 heteroatoms. The summed E-state index contributed by atoms with van der Waals surface area (Å²) < 4.78 is 0. The number of aromatic nitrogens is 7. The highest BCUT2D eigenvalue weighted by molar-refractivity contribution is 5.81. The van der Waals surface area contributed by atoms with Gasteiger partial charge in [-0.1, -0.05) is 109 Å². The van der Waals surface area contributed by atoms with Gasteiger partial charge in [0.25, 0.3) is 0 Å². The molecule has 7 nitrogen and oxygen atoms in total. The van der Waals surface area contributed by atoms with Gasteiger partial charge >= 0.3 is 0 Å². The summed E-state index contributed by atoms with van der Waals surface area (Å²) in [6.07, 6.45) is 0. The van der Waals surface area contributed by atoms with Crippen LogP contribution >= 0.6 is 0 Å². The van der Waals surface area contributed by atoms with E-state index in [9.17, 15) is 0 Å². The molecule has 0 atom stereocenters. The van der Waals surface area contributed by atoms with Gasteiger partial charge in [-0.05, 0) is 80.3 Å². The minimum Gasteiger partial charge on any atom is -0.233 e. The van der Waals surface area contributed by atoms with Crippen LogP contribution in [0.15, 0.2) is 140 Å². The minimum absolute atomic E-state index is 0.594. The average molecular weight is 674 g/mol. The fourth-order valence-corrected chi connectivity index (χ4v) is 6.36. The van der Waals surface area contributed by atoms with Crippen molar-refractivity contribution in [2.24, 2.45) is 0 Å². The molecular formula is C45H35N7. The molecule has 0 unspecified atom stereocenters. The van der Waals surface area contributed by atoms with Crippen LogP contribution in [0.5, 0.6) is 0 Å². The van der Waals surface area contributed by atoms with Crippen LogP contribution in [0.1, 0.15) is 22.8 Å². The normalized spacial score (nSPS) is 11.1. The molecule has 0 bridgehead atoms. The average Bonchev–Trinajstić information content (AvgIpc) is 3.17. The molecule has 0 radical (unpaired) electrons. The summed E-state index contributed by atoms with van der Waals surface area (Å²) in [5.41, 5.74) is 12.6. The lowest BCUT2D eigenvalue weighted by Gasteiger charge is -2.13. The van der Waals surface area contributed by atoms with Crippen LogP contribution < -0.4 is 0 Å². The van der Waals surface area contributed by atoms with Gasteiger partial charge in [0.05, 0.1) is 0 Å². The summed E-state index contributed by atoms with van der Waals surface area (Å²) in [4.78, 5) is 33.7. The molecule has 0 aliphatic carbocycles. The van der Waals surface area contributed by atoms with E-state index in [1.54, 1.807) is 0 Å². The van der Waals surface area contributed by atoms with Crippen LogP contribution in [0.25, 0.3) is 79.2 Å². The van der Waals surface area contributed by atoms with Crippen LogP contribution in [-0.4, -0.2) is 34.9 Å². The Morgan fingerprint density at radius 1 is 0.231 bits per heavy atom. The lowest BCUT2D eigenvalue weighted by molar-refractivity contribution is 1.06. The summed E-state index contributed by atoms with van der Waals surface area (Å²) in [6, 6.07) is 47.4. The van der Waals surface area contributed by atoms with Crippen molar-refractivity contribution in [1.29, 1.82) is 0 Å². The number of nitrogens with zero attached hydrogens (tertiary/aromatic N) is 7. The maximum Gasteiger partial charge on any atom is 0.164 e. The first kappa shape index (κ1) is 32.5. The zero-order valence-electron chi connectivity index (χ0n) is 29.4. The smallest absolute Gasteiger partial charge is 0.164 e. The Labute approximate surface area is 303 Å². The van der Waals surface area contributed by atoms with Crippen molar-refractivity contribution in [2.45, 2.75) is 27.7 Å². The number of hydrogen-bond acceptors (Lipinski definition) is 7. The molecule has 5 aromatic carbocycles. The summed E-state index contributed by atoms with van der Waals surface area (Å²) in [6.45, 7) is 7.98. The lowest BCUT2D eigenvalue weighted by Crippen LogP contribution is -2.00. The van der Waals surface area contributed by atoms with E-state index in [-0.39, 0.29) is 0 Å². The number of hydrogen-bond donors (Lipinski definition) is 0. The Morgan fingerprint density at radius 3 is 0.865 bits per heavy atom. The third-order valence-electron chi connectivity index (χ3n) is 8.81. The molecule has 3 aromatic heterocycles. The molecule has 0 aliphatic heterocycles. The Balaban J connectivity index is 1.27. The highest BCUT2D eigenvalue weighted by Crippen LogP contribution is 2.35. The van der Waals surface area contributed by atoms with E-state index in [4.69, 9.17) is 15.0 Å². The summed E-state index contributed by atoms with van der Waals surface area (Å²) >= 11 is 0. The second-order valence-corrected chi connectivity index (χ2v) is 12.9. The fourth-order valence-electron chi connectivity index (χ4n) is 6.36. The molecule has 0 saturated carbocycles. The summed E-state index contributed by atoms with van der Waals surface area (Å²) in [7, 11) is 0. The van der Waals surface area contributed by atoms with Crippen LogP contribution in [-0.2, 0) is 0 Å². The minimum atomic E-state index is 0.594. The van der Waals surface area contributed by atoms with E-state index in [2.05, 4.69) is 86.7 Å². The van der Waals surface area contributed by atoms with Crippen LogP contribution in [0, 0.1) is 27.7 Å². The third-order valence-corrected chi connectivity index (χ3v) is 8.81. The van der Waals surface area contributed by atoms with Crippen molar-refractivity contribution >= 4 is 0 Å². The highest BCUT2D eigenvalue weighted by Gasteiger charge is 2.16. The molecule has 0 N–H and O–H groups in total. The largest absolute Gasteiger partial charge is 0.233 e. The monoisotopic (exact) mass is 673 g/mol. The van der Waals surface area contributed by atoms with Crippen molar-refractivity contribution in [2.75, 3.05) is 0 Å². The van der Waals surface area contributed by atoms with Crippen LogP contribution in [0.3, 0.4) is 0 Å². The molecule has 0 spiro atoms. The third kappa shape index (κ3) is 6.98. The Hall–Kier alpha value is -6.73. The van der Waals surface area contributed by atoms with Crippen molar-refractivity contribution in [1.82, 2.24) is 34.9 Å². The van der Waals surface area contributed by atoms with Crippen LogP contribution in [0.2, 0.25) is 0 Å². The van der Waals surface area contributed by atoms with Gasteiger partial charge in [0.15, 0.2) is 29.1 Å². The second-order valence-electron chi connectivity index (χ2n) is 12.9. The van der Waals surface area contributed by atoms with Gasteiger partial charge < -0.3 is 0 Å². The molecule has 0 saturated heterocycles. The van der Waals surface area contributed by atoms with Crippen molar-refractivity contribution in [3.8, 4) is 79.2 Å². The molecule has 52 heavy (non-hydrogen) atoms. The number of benzene rings is 5. The molecule has 3 heterocycles. The van der Waals surface area contributed by atoms with Crippen molar-refractivity contribution in [3.63, 3.8) is 0 Å². The SMILES string of the molecule is Cc1cc(C)nc(-c2ccc(-c3cc(-c4ccc(-c5nc(C)cc(C)n5)cc4)cc(-c4nc(-c5ccccc5)nc(-c5ccccc5)n4)c3)cc2)n1. The first-order valence-corrected chi connectivity index (χ1v) is 17.2. The molecule has 0 amide bonds. The summed E-state index contributed by atoms with van der Waals surface area (Å²) in [5, 5.41) is 0. The second kappa shape index (κ2) is 13.9. The van der Waals surface area contributed by atoms with Gasteiger partial charge in [-0.15, -0.1) is 0 Å². The topological polar surface area (TPSA) is 90.2 Å². The Morgan fingerprint density at radius 2 is 0.500 bits per heavy atom. The van der Waals surface area contributed by atoms with Gasteiger partial charge in [-0.25, -0.2) is 34.9 Å². The van der Waals surface area contributed by atoms with Gasteiger partial charge in [-0.3, -0.25) is 0 Å². The molecule has 0 fully saturated rings. The molecular weight excluding hydrogens is 639 g/mol. The molecule has 0 aliphatic rings. The van der Waals surface area contributed by atoms with Gasteiger partial charge in [0, 0.05) is 50.6 Å². The zero-order valence-corrected chi connectivity index (χ0v) is 29.4. The highest BCUT2D eigenvalue weighted by atomic mass is 15.0. The van der Waals surface area contributed by atoms with Crippen LogP contribution in [0.4, 0.5) is 0 Å². The number of aryl methyl sites for hydroxylation is 4. The zero-order chi connectivity index (χ0) is 35.6. The van der Waals surface area contributed by atoms with Gasteiger partial charge in [-0.2, -0.15) is 0 Å². The Bertz CT molecular complexity index is 2320. The standard InChI is InChI=1S/C45H35N7/c1-28-23-29(2)47-41(46-28)36-19-15-32(16-20-36)38-25-39(33-17-21-37(22-18-33)42-48-30(3)24-31(4)49-42)27-40(26-38)45-51-43(34-11-7-5-8-12-34)50-44(52-45)35-13-9-6-10-14-35/h5-27H,1-4H3.